The van der Waals surface area contributed by atoms with Gasteiger partial charge in [-0.25, -0.2) is 9.13 Å². The van der Waals surface area contributed by atoms with Crippen LogP contribution in [0.3, 0.4) is 0 Å². The average Bonchev–Trinajstić information content (AvgIpc) is 2.30. The molecule has 16 heteroatoms. The first kappa shape index (κ1) is 24.3. The van der Waals surface area contributed by atoms with Gasteiger partial charge in [-0.1, -0.05) is 0 Å². The van der Waals surface area contributed by atoms with E-state index in [0.29, 0.717) is 0 Å². The average molecular weight is 383 g/mol. The van der Waals surface area contributed by atoms with Crippen molar-refractivity contribution in [3.8, 4) is 0 Å². The van der Waals surface area contributed by atoms with E-state index < -0.39 is 40.1 Å². The summed E-state index contributed by atoms with van der Waals surface area (Å²) in [5.74, 6) is -0.333. The van der Waals surface area contributed by atoms with E-state index in [4.69, 9.17) is 25.2 Å². The molecule has 1 unspecified atom stereocenters. The van der Waals surface area contributed by atoms with Crippen LogP contribution in [-0.2, 0) is 22.8 Å². The number of carbonyl (C=O) groups excluding carboxylic acids is 1. The van der Waals surface area contributed by atoms with E-state index in [1.54, 1.807) is 0 Å². The van der Waals surface area contributed by atoms with Gasteiger partial charge in [-0.05, 0) is 6.92 Å². The Kier molecular flexibility index (Phi) is 10.6. The zero-order chi connectivity index (χ0) is 19.0. The Morgan fingerprint density at radius 3 is 1.78 bits per heavy atom. The molecule has 0 aliphatic rings. The minimum absolute atomic E-state index is 0.206. The van der Waals surface area contributed by atoms with Crippen LogP contribution >= 0.6 is 15.6 Å². The lowest BCUT2D eigenvalue weighted by Gasteiger charge is -2.25. The Bertz CT molecular complexity index is 476. The van der Waals surface area contributed by atoms with Crippen LogP contribution in [0.2, 0.25) is 0 Å². The third kappa shape index (κ3) is 13.2. The van der Waals surface area contributed by atoms with Crippen molar-refractivity contribution in [2.45, 2.75) is 31.3 Å². The third-order valence-electron chi connectivity index (χ3n) is 1.78. The summed E-state index contributed by atoms with van der Waals surface area (Å²) in [6.07, 6.45) is -7.86. The predicted molar refractivity (Wildman–Crippen MR) is 73.7 cm³/mol. The molecule has 14 nitrogen and oxygen atoms in total. The highest BCUT2D eigenvalue weighted by Crippen LogP contribution is 2.58. The van der Waals surface area contributed by atoms with Crippen molar-refractivity contribution in [3.63, 3.8) is 0 Å². The second kappa shape index (κ2) is 10.1. The van der Waals surface area contributed by atoms with Crippen LogP contribution in [0.15, 0.2) is 0 Å². The monoisotopic (exact) mass is 383 g/mol. The molecule has 5 atom stereocenters. The molecule has 0 saturated carbocycles. The standard InChI is InChI=1S/C6H14O11P2.CH5N3/c1-3(8)5(9)6(10)4(2-7)16-19(14,15)17-18(11,12)13;2-1(3)4/h2-6,8-10H,1H3,(H,14,15)(H2,11,12,13);(H5,2,3,4)/t3-,4+,5+,6-;/m1./s1. The molecule has 11 N–H and O–H groups in total. The van der Waals surface area contributed by atoms with Gasteiger partial charge in [-0.3, -0.25) is 9.93 Å². The van der Waals surface area contributed by atoms with E-state index in [0.717, 1.165) is 6.92 Å². The molecule has 0 fully saturated rings. The number of phosphoric ester groups is 1. The Morgan fingerprint density at radius 1 is 1.13 bits per heavy atom. The van der Waals surface area contributed by atoms with E-state index >= 15 is 0 Å². The molecule has 0 saturated heterocycles. The number of hydrogen-bond donors (Lipinski definition) is 9. The third-order valence-corrected chi connectivity index (χ3v) is 3.97. The second-order valence-electron chi connectivity index (χ2n) is 3.92. The highest BCUT2D eigenvalue weighted by molar-refractivity contribution is 7.60. The van der Waals surface area contributed by atoms with E-state index in [2.05, 4.69) is 20.3 Å². The molecule has 138 valence electrons. The van der Waals surface area contributed by atoms with Gasteiger partial charge in [0.15, 0.2) is 18.3 Å². The minimum atomic E-state index is -5.37. The maximum Gasteiger partial charge on any atom is 0.481 e. The quantitative estimate of drug-likeness (QED) is 0.0862. The van der Waals surface area contributed by atoms with Crippen LogP contribution in [0.4, 0.5) is 0 Å². The Labute approximate surface area is 130 Å². The zero-order valence-corrected chi connectivity index (χ0v) is 13.4. The van der Waals surface area contributed by atoms with E-state index in [1.165, 1.54) is 0 Å². The van der Waals surface area contributed by atoms with Crippen LogP contribution in [0.5, 0.6) is 0 Å². The Balaban J connectivity index is 0. The molecule has 0 aromatic heterocycles. The first-order chi connectivity index (χ1) is 10.1. The number of rotatable bonds is 8. The molecule has 0 spiro atoms. The summed E-state index contributed by atoms with van der Waals surface area (Å²) < 4.78 is 28.8. The molecule has 0 aliphatic carbocycles. The highest BCUT2D eigenvalue weighted by Gasteiger charge is 2.39. The van der Waals surface area contributed by atoms with Crippen LogP contribution < -0.4 is 11.5 Å². The number of aldehydes is 1. The smallest absolute Gasteiger partial charge is 0.391 e. The molecule has 0 heterocycles. The van der Waals surface area contributed by atoms with Crippen molar-refractivity contribution in [2.75, 3.05) is 0 Å². The van der Waals surface area contributed by atoms with Gasteiger partial charge in [-0.2, -0.15) is 4.31 Å². The van der Waals surface area contributed by atoms with Crippen molar-refractivity contribution in [3.05, 3.63) is 0 Å². The Morgan fingerprint density at radius 2 is 1.52 bits per heavy atom. The number of aliphatic hydroxyl groups is 3. The predicted octanol–water partition coefficient (Wildman–Crippen LogP) is -3.28. The van der Waals surface area contributed by atoms with E-state index in [9.17, 15) is 24.1 Å². The maximum absolute atomic E-state index is 11.1. The summed E-state index contributed by atoms with van der Waals surface area (Å²) in [4.78, 5) is 36.1. The molecule has 0 aromatic carbocycles. The molecule has 23 heavy (non-hydrogen) atoms. The summed E-state index contributed by atoms with van der Waals surface area (Å²) in [7, 11) is -10.7. The van der Waals surface area contributed by atoms with Gasteiger partial charge < -0.3 is 46.3 Å². The first-order valence-corrected chi connectivity index (χ1v) is 8.52. The molecule has 0 radical (unpaired) electrons. The van der Waals surface area contributed by atoms with Crippen molar-refractivity contribution < 1.29 is 52.8 Å². The molecule has 0 rings (SSSR count). The normalized spacial score (nSPS) is 19.3. The van der Waals surface area contributed by atoms with Gasteiger partial charge in [0.1, 0.15) is 12.2 Å². The minimum Gasteiger partial charge on any atom is -0.391 e. The van der Waals surface area contributed by atoms with Crippen molar-refractivity contribution in [2.24, 2.45) is 11.5 Å². The second-order valence-corrected chi connectivity index (χ2v) is 6.71. The van der Waals surface area contributed by atoms with Crippen molar-refractivity contribution >= 4 is 27.9 Å². The van der Waals surface area contributed by atoms with Gasteiger partial charge in [0.05, 0.1) is 6.10 Å². The summed E-state index contributed by atoms with van der Waals surface area (Å²) in [6, 6.07) is 0. The van der Waals surface area contributed by atoms with Gasteiger partial charge in [0, 0.05) is 0 Å². The SMILES string of the molecule is C[C@@H](O)[C@H](O)[C@H](O)[C@H](C=O)OP(=O)(O)OP(=O)(O)O.N=C(N)N. The number of aliphatic hydroxyl groups excluding tert-OH is 3. The van der Waals surface area contributed by atoms with Crippen LogP contribution in [0, 0.1) is 5.41 Å². The summed E-state index contributed by atoms with van der Waals surface area (Å²) in [5.41, 5.74) is 8.94. The molecular weight excluding hydrogens is 364 g/mol. The molecule has 0 aromatic rings. The molecule has 0 amide bonds. The lowest BCUT2D eigenvalue weighted by Crippen LogP contribution is -2.44. The fraction of sp³-hybridized carbons (Fsp3) is 0.714. The molecular formula is C7H19N3O11P2. The zero-order valence-electron chi connectivity index (χ0n) is 11.7. The summed E-state index contributed by atoms with van der Waals surface area (Å²) in [5, 5.41) is 33.6. The van der Waals surface area contributed by atoms with Gasteiger partial charge >= 0.3 is 15.6 Å². The lowest BCUT2D eigenvalue weighted by atomic mass is 10.1. The fourth-order valence-corrected chi connectivity index (χ4v) is 2.67. The molecule has 0 bridgehead atoms. The van der Waals surface area contributed by atoms with Gasteiger partial charge in [-0.15, -0.1) is 0 Å². The Hall–Kier alpha value is -0.920. The summed E-state index contributed by atoms with van der Waals surface area (Å²) in [6.45, 7) is 1.06. The van der Waals surface area contributed by atoms with Crippen molar-refractivity contribution in [1.82, 2.24) is 0 Å². The molecule has 0 aliphatic heterocycles. The highest BCUT2D eigenvalue weighted by atomic mass is 31.3. The number of nitrogens with one attached hydrogen (secondary N) is 1. The largest absolute Gasteiger partial charge is 0.481 e. The number of guanidine groups is 1. The number of carbonyl (C=O) groups is 1. The van der Waals surface area contributed by atoms with Gasteiger partial charge in [0.25, 0.3) is 0 Å². The first-order valence-electron chi connectivity index (χ1n) is 5.50. The van der Waals surface area contributed by atoms with E-state index in [1.807, 2.05) is 0 Å². The number of nitrogens with two attached hydrogens (primary N) is 2. The van der Waals surface area contributed by atoms with Crippen LogP contribution in [0.25, 0.3) is 0 Å². The summed E-state index contributed by atoms with van der Waals surface area (Å²) >= 11 is 0. The fourth-order valence-electron chi connectivity index (χ4n) is 0.955. The van der Waals surface area contributed by atoms with Crippen molar-refractivity contribution in [1.29, 1.82) is 5.41 Å². The maximum atomic E-state index is 11.1. The lowest BCUT2D eigenvalue weighted by molar-refractivity contribution is -0.131. The van der Waals surface area contributed by atoms with Crippen LogP contribution in [0.1, 0.15) is 6.92 Å². The topological polar surface area (TPSA) is 267 Å². The van der Waals surface area contributed by atoms with Crippen LogP contribution in [-0.4, -0.2) is 66.7 Å². The van der Waals surface area contributed by atoms with Gasteiger partial charge in [0.2, 0.25) is 0 Å². The number of phosphoric acid groups is 2. The number of hydrogen-bond acceptors (Lipinski definition) is 9. The van der Waals surface area contributed by atoms with E-state index in [-0.39, 0.29) is 12.2 Å².